The van der Waals surface area contributed by atoms with E-state index in [9.17, 15) is 22.7 Å². The van der Waals surface area contributed by atoms with Crippen LogP contribution in [-0.4, -0.2) is 44.0 Å². The third-order valence-corrected chi connectivity index (χ3v) is 6.13. The van der Waals surface area contributed by atoms with Crippen molar-refractivity contribution in [1.29, 1.82) is 0 Å². The quantitative estimate of drug-likeness (QED) is 0.803. The molecule has 1 unspecified atom stereocenters. The van der Waals surface area contributed by atoms with Crippen LogP contribution < -0.4 is 9.03 Å². The van der Waals surface area contributed by atoms with Crippen LogP contribution in [0.5, 0.6) is 5.75 Å². The summed E-state index contributed by atoms with van der Waals surface area (Å²) in [6.07, 6.45) is 2.26. The van der Waals surface area contributed by atoms with Crippen LogP contribution >= 0.6 is 0 Å². The summed E-state index contributed by atoms with van der Waals surface area (Å²) < 4.78 is 40.6. The van der Waals surface area contributed by atoms with Gasteiger partial charge in [0.2, 0.25) is 0 Å². The molecule has 26 heavy (non-hydrogen) atoms. The van der Waals surface area contributed by atoms with Gasteiger partial charge >= 0.3 is 10.2 Å². The van der Waals surface area contributed by atoms with Crippen molar-refractivity contribution in [2.45, 2.75) is 33.2 Å². The van der Waals surface area contributed by atoms with Crippen molar-refractivity contribution in [2.75, 3.05) is 23.9 Å². The summed E-state index contributed by atoms with van der Waals surface area (Å²) in [7, 11) is -4.17. The first-order valence-corrected chi connectivity index (χ1v) is 10.2. The van der Waals surface area contributed by atoms with Crippen LogP contribution in [0.3, 0.4) is 0 Å². The lowest BCUT2D eigenvalue weighted by molar-refractivity contribution is -0.117. The molecule has 1 aromatic carbocycles. The van der Waals surface area contributed by atoms with E-state index in [0.29, 0.717) is 28.2 Å². The summed E-state index contributed by atoms with van der Waals surface area (Å²) >= 11 is 0. The van der Waals surface area contributed by atoms with Gasteiger partial charge in [-0.05, 0) is 48.9 Å². The molecule has 1 aromatic rings. The molecule has 0 aliphatic carbocycles. The second kappa shape index (κ2) is 7.03. The number of nitrogens with zero attached hydrogens (tertiary/aromatic N) is 2. The maximum absolute atomic E-state index is 14.5. The third kappa shape index (κ3) is 3.93. The number of hydrogen-bond acceptors (Lipinski definition) is 5. The van der Waals surface area contributed by atoms with Crippen molar-refractivity contribution in [1.82, 2.24) is 9.62 Å². The van der Waals surface area contributed by atoms with Crippen LogP contribution in [0.25, 0.3) is 0 Å². The van der Waals surface area contributed by atoms with Gasteiger partial charge in [0.25, 0.3) is 5.91 Å². The lowest BCUT2D eigenvalue weighted by Crippen LogP contribution is -2.30. The van der Waals surface area contributed by atoms with E-state index >= 15 is 0 Å². The summed E-state index contributed by atoms with van der Waals surface area (Å²) in [6, 6.07) is 2.59. The van der Waals surface area contributed by atoms with E-state index in [-0.39, 0.29) is 0 Å². The summed E-state index contributed by atoms with van der Waals surface area (Å²) in [6.45, 7) is 6.18. The number of anilines is 1. The van der Waals surface area contributed by atoms with Crippen LogP contribution in [0.2, 0.25) is 0 Å². The molecule has 2 aliphatic heterocycles. The number of nitrogens with one attached hydrogen (secondary N) is 1. The van der Waals surface area contributed by atoms with E-state index in [1.807, 2.05) is 0 Å². The normalized spacial score (nSPS) is 23.0. The number of halogens is 1. The van der Waals surface area contributed by atoms with Crippen molar-refractivity contribution in [3.05, 3.63) is 23.5 Å². The van der Waals surface area contributed by atoms with Crippen molar-refractivity contribution in [3.63, 3.8) is 0 Å². The zero-order chi connectivity index (χ0) is 19.1. The van der Waals surface area contributed by atoms with Crippen molar-refractivity contribution < 1.29 is 22.7 Å². The summed E-state index contributed by atoms with van der Waals surface area (Å²) in [5.74, 6) is -0.851. The van der Waals surface area contributed by atoms with Gasteiger partial charge in [-0.15, -0.1) is 0 Å². The maximum atomic E-state index is 14.5. The van der Waals surface area contributed by atoms with Crippen LogP contribution in [-0.2, 0) is 21.5 Å². The number of likely N-dealkylation sites (tertiary alicyclic amines) is 1. The smallest absolute Gasteiger partial charge is 0.326 e. The Morgan fingerprint density at radius 2 is 2.12 bits per heavy atom. The lowest BCUT2D eigenvalue weighted by Gasteiger charge is -2.20. The molecule has 2 heterocycles. The van der Waals surface area contributed by atoms with E-state index in [1.54, 1.807) is 4.72 Å². The summed E-state index contributed by atoms with van der Waals surface area (Å²) in [5.41, 5.74) is 0.0797. The topological polar surface area (TPSA) is 89.9 Å². The first-order valence-electron chi connectivity index (χ1n) is 8.72. The second-order valence-electron chi connectivity index (χ2n) is 7.50. The second-order valence-corrected chi connectivity index (χ2v) is 9.10. The molecular formula is C17H24FN3O4S. The molecule has 0 bridgehead atoms. The molecule has 0 spiro atoms. The summed E-state index contributed by atoms with van der Waals surface area (Å²) in [5, 5.41) is 10.2. The average Bonchev–Trinajstić information content (AvgIpc) is 3.01. The Hall–Kier alpha value is -1.87. The highest BCUT2D eigenvalue weighted by Crippen LogP contribution is 2.35. The van der Waals surface area contributed by atoms with Gasteiger partial charge in [0.15, 0.2) is 5.82 Å². The number of carbonyl (C=O) groups excluding carboxylic acids is 1. The maximum Gasteiger partial charge on any atom is 0.326 e. The van der Waals surface area contributed by atoms with E-state index in [1.165, 1.54) is 12.1 Å². The van der Waals surface area contributed by atoms with E-state index in [0.717, 1.165) is 25.9 Å². The molecule has 1 atom stereocenters. The summed E-state index contributed by atoms with van der Waals surface area (Å²) in [4.78, 5) is 13.5. The zero-order valence-corrected chi connectivity index (χ0v) is 15.7. The molecular weight excluding hydrogens is 361 g/mol. The Morgan fingerprint density at radius 1 is 1.38 bits per heavy atom. The highest BCUT2D eigenvalue weighted by atomic mass is 32.2. The minimum absolute atomic E-state index is 0.488. The molecule has 9 heteroatoms. The molecule has 2 N–H and O–H groups in total. The van der Waals surface area contributed by atoms with Gasteiger partial charge in [0.05, 0.1) is 0 Å². The number of carbonyl (C=O) groups is 1. The Labute approximate surface area is 153 Å². The van der Waals surface area contributed by atoms with Crippen molar-refractivity contribution >= 4 is 21.8 Å². The Morgan fingerprint density at radius 3 is 2.69 bits per heavy atom. The largest absolute Gasteiger partial charge is 0.506 e. The molecule has 0 radical (unpaired) electrons. The standard InChI is InChI=1S/C17H24FN3O4S/c1-11(2)5-12-3-4-20(8-12)9-13-6-14(18)17(15(22)7-13)21-10-16(23)19-26(21,24)25/h6-7,11-12,22H,3-5,8-10H2,1-2H3,(H,19,23). The number of aromatic hydroxyl groups is 1. The zero-order valence-electron chi connectivity index (χ0n) is 14.9. The van der Waals surface area contributed by atoms with Gasteiger partial charge in [-0.2, -0.15) is 8.42 Å². The molecule has 0 aromatic heterocycles. The Kier molecular flexibility index (Phi) is 5.12. The van der Waals surface area contributed by atoms with Crippen molar-refractivity contribution in [2.24, 2.45) is 11.8 Å². The molecule has 2 fully saturated rings. The Bertz CT molecular complexity index is 789. The number of benzene rings is 1. The fourth-order valence-corrected chi connectivity index (χ4v) is 4.97. The van der Waals surface area contributed by atoms with Gasteiger partial charge in [-0.3, -0.25) is 9.69 Å². The van der Waals surface area contributed by atoms with Crippen LogP contribution in [0.4, 0.5) is 10.1 Å². The van der Waals surface area contributed by atoms with Gasteiger partial charge in [-0.1, -0.05) is 13.8 Å². The number of phenolic OH excluding ortho intramolecular Hbond substituents is 1. The molecule has 0 saturated carbocycles. The minimum atomic E-state index is -4.17. The van der Waals surface area contributed by atoms with Gasteiger partial charge in [0, 0.05) is 13.1 Å². The highest BCUT2D eigenvalue weighted by molar-refractivity contribution is 7.92. The van der Waals surface area contributed by atoms with E-state index in [2.05, 4.69) is 18.7 Å². The van der Waals surface area contributed by atoms with Crippen LogP contribution in [0, 0.1) is 17.7 Å². The fraction of sp³-hybridized carbons (Fsp3) is 0.588. The Balaban J connectivity index is 1.75. The highest BCUT2D eigenvalue weighted by Gasteiger charge is 2.37. The first-order chi connectivity index (χ1) is 12.2. The first kappa shape index (κ1) is 18.9. The molecule has 3 rings (SSSR count). The SMILES string of the molecule is CC(C)CC1CCN(Cc2cc(O)c(N3CC(=O)NS3(=O)=O)c(F)c2)C1. The molecule has 2 aliphatic rings. The number of hydrogen-bond donors (Lipinski definition) is 2. The predicted molar refractivity (Wildman–Crippen MR) is 95.3 cm³/mol. The predicted octanol–water partition coefficient (Wildman–Crippen LogP) is 1.58. The average molecular weight is 385 g/mol. The molecule has 144 valence electrons. The molecule has 7 nitrogen and oxygen atoms in total. The number of amides is 1. The molecule has 1 amide bonds. The third-order valence-electron chi connectivity index (χ3n) is 4.75. The number of phenols is 1. The van der Waals surface area contributed by atoms with Crippen LogP contribution in [0.1, 0.15) is 32.3 Å². The van der Waals surface area contributed by atoms with Gasteiger partial charge < -0.3 is 5.11 Å². The fourth-order valence-electron chi connectivity index (χ4n) is 3.80. The van der Waals surface area contributed by atoms with Gasteiger partial charge in [-0.25, -0.2) is 13.4 Å². The lowest BCUT2D eigenvalue weighted by atomic mass is 9.97. The molecule has 2 saturated heterocycles. The van der Waals surface area contributed by atoms with E-state index < -0.39 is 39.9 Å². The van der Waals surface area contributed by atoms with E-state index in [4.69, 9.17) is 0 Å². The monoisotopic (exact) mass is 385 g/mol. The van der Waals surface area contributed by atoms with Crippen LogP contribution in [0.15, 0.2) is 12.1 Å². The van der Waals surface area contributed by atoms with Gasteiger partial charge in [0.1, 0.15) is 18.0 Å². The van der Waals surface area contributed by atoms with Crippen molar-refractivity contribution in [3.8, 4) is 5.75 Å². The minimum Gasteiger partial charge on any atom is -0.506 e. The number of rotatable bonds is 5.